The third-order valence-corrected chi connectivity index (χ3v) is 10.2. The fraction of sp³-hybridized carbons (Fsp3) is 0.878. The van der Waals surface area contributed by atoms with Crippen LogP contribution in [0.5, 0.6) is 0 Å². The van der Waals surface area contributed by atoms with Crippen LogP contribution in [0, 0.1) is 0 Å². The molecule has 0 aliphatic carbocycles. The van der Waals surface area contributed by atoms with Gasteiger partial charge < -0.3 is 28.8 Å². The van der Waals surface area contributed by atoms with Crippen molar-refractivity contribution >= 4 is 13.7 Å². The molecule has 2 N–H and O–H groups in total. The summed E-state index contributed by atoms with van der Waals surface area (Å²) in [7, 11) is 1.29. The standard InChI is InChI=1S/C41H81N2O6P/c1-6-8-10-12-14-16-18-20-22-24-26-28-30-32-34-40(44)39(38-49-50(46,47)48-37-36-43(3,4)5)42-41(45)35-33-31-29-27-25-23-21-19-17-15-13-11-9-7-2/h13,15,19,21,39-40,44H,6-12,14,16-18,20,22-38H2,1-5H3,(H-,42,45,46,47)/b15-13-,21-19-. The van der Waals surface area contributed by atoms with Crippen molar-refractivity contribution in [2.75, 3.05) is 40.9 Å². The Morgan fingerprint density at radius 1 is 0.700 bits per heavy atom. The summed E-state index contributed by atoms with van der Waals surface area (Å²) in [6.07, 6.45) is 37.4. The van der Waals surface area contributed by atoms with Gasteiger partial charge in [-0.25, -0.2) is 0 Å². The van der Waals surface area contributed by atoms with E-state index in [4.69, 9.17) is 9.05 Å². The summed E-state index contributed by atoms with van der Waals surface area (Å²) < 4.78 is 23.2. The topological polar surface area (TPSA) is 108 Å². The number of likely N-dealkylation sites (N-methyl/N-ethyl adjacent to an activating group) is 1. The van der Waals surface area contributed by atoms with Gasteiger partial charge in [0.05, 0.1) is 39.9 Å². The molecule has 0 bridgehead atoms. The Morgan fingerprint density at radius 2 is 1.18 bits per heavy atom. The van der Waals surface area contributed by atoms with Crippen LogP contribution in [0.15, 0.2) is 24.3 Å². The van der Waals surface area contributed by atoms with Crippen molar-refractivity contribution in [3.8, 4) is 0 Å². The normalized spacial score (nSPS) is 14.8. The number of carbonyl (C=O) groups excluding carboxylic acids is 1. The summed E-state index contributed by atoms with van der Waals surface area (Å²) in [5.41, 5.74) is 0. The van der Waals surface area contributed by atoms with E-state index in [0.717, 1.165) is 64.2 Å². The molecule has 0 aromatic heterocycles. The zero-order valence-corrected chi connectivity index (χ0v) is 34.2. The van der Waals surface area contributed by atoms with E-state index in [1.807, 2.05) is 21.1 Å². The first-order chi connectivity index (χ1) is 24.0. The molecule has 3 unspecified atom stereocenters. The number of quaternary nitrogens is 1. The van der Waals surface area contributed by atoms with E-state index in [9.17, 15) is 19.4 Å². The second-order valence-electron chi connectivity index (χ2n) is 15.3. The van der Waals surface area contributed by atoms with Crippen molar-refractivity contribution in [3.63, 3.8) is 0 Å². The van der Waals surface area contributed by atoms with Crippen LogP contribution in [0.25, 0.3) is 0 Å². The number of unbranched alkanes of at least 4 members (excludes halogenated alkanes) is 20. The molecule has 0 fully saturated rings. The van der Waals surface area contributed by atoms with Gasteiger partial charge >= 0.3 is 0 Å². The minimum absolute atomic E-state index is 0.00958. The highest BCUT2D eigenvalue weighted by Crippen LogP contribution is 2.38. The highest BCUT2D eigenvalue weighted by Gasteiger charge is 2.24. The van der Waals surface area contributed by atoms with E-state index >= 15 is 0 Å². The molecule has 0 saturated carbocycles. The maximum Gasteiger partial charge on any atom is 0.268 e. The second-order valence-corrected chi connectivity index (χ2v) is 16.8. The largest absolute Gasteiger partial charge is 0.756 e. The maximum absolute atomic E-state index is 12.8. The molecule has 1 amide bonds. The van der Waals surface area contributed by atoms with Gasteiger partial charge in [0, 0.05) is 6.42 Å². The second kappa shape index (κ2) is 33.8. The van der Waals surface area contributed by atoms with Crippen LogP contribution < -0.4 is 10.2 Å². The van der Waals surface area contributed by atoms with Gasteiger partial charge in [-0.2, -0.15) is 0 Å². The first kappa shape index (κ1) is 49.0. The van der Waals surface area contributed by atoms with Crippen LogP contribution in [-0.2, 0) is 18.4 Å². The third kappa shape index (κ3) is 35.4. The third-order valence-electron chi connectivity index (χ3n) is 9.19. The highest BCUT2D eigenvalue weighted by molar-refractivity contribution is 7.45. The lowest BCUT2D eigenvalue weighted by molar-refractivity contribution is -0.870. The predicted octanol–water partition coefficient (Wildman–Crippen LogP) is 10.3. The lowest BCUT2D eigenvalue weighted by Crippen LogP contribution is -2.46. The Balaban J connectivity index is 4.45. The number of aliphatic hydroxyl groups is 1. The molecule has 296 valence electrons. The van der Waals surface area contributed by atoms with E-state index in [2.05, 4.69) is 43.5 Å². The van der Waals surface area contributed by atoms with Crippen LogP contribution in [0.3, 0.4) is 0 Å². The molecule has 50 heavy (non-hydrogen) atoms. The van der Waals surface area contributed by atoms with E-state index in [-0.39, 0.29) is 19.1 Å². The predicted molar refractivity (Wildman–Crippen MR) is 210 cm³/mol. The highest BCUT2D eigenvalue weighted by atomic mass is 31.2. The zero-order valence-electron chi connectivity index (χ0n) is 33.4. The van der Waals surface area contributed by atoms with Crippen molar-refractivity contribution in [1.29, 1.82) is 0 Å². The van der Waals surface area contributed by atoms with E-state index in [0.29, 0.717) is 23.9 Å². The van der Waals surface area contributed by atoms with Crippen LogP contribution >= 0.6 is 7.82 Å². The lowest BCUT2D eigenvalue weighted by atomic mass is 10.0. The molecule has 0 aliphatic heterocycles. The number of hydrogen-bond donors (Lipinski definition) is 2. The molecule has 9 heteroatoms. The molecule has 0 rings (SSSR count). The van der Waals surface area contributed by atoms with Gasteiger partial charge in [-0.05, 0) is 38.5 Å². The minimum atomic E-state index is -4.56. The summed E-state index contributed by atoms with van der Waals surface area (Å²) in [6, 6.07) is -0.804. The molecule has 0 aromatic carbocycles. The van der Waals surface area contributed by atoms with Crippen LogP contribution in [0.4, 0.5) is 0 Å². The number of rotatable bonds is 37. The average Bonchev–Trinajstić information content (AvgIpc) is 3.06. The maximum atomic E-state index is 12.8. The van der Waals surface area contributed by atoms with Crippen molar-refractivity contribution in [2.24, 2.45) is 0 Å². The minimum Gasteiger partial charge on any atom is -0.756 e. The van der Waals surface area contributed by atoms with Crippen LogP contribution in [-0.4, -0.2) is 68.5 Å². The van der Waals surface area contributed by atoms with Crippen molar-refractivity contribution < 1.29 is 32.9 Å². The van der Waals surface area contributed by atoms with Crippen LogP contribution in [0.2, 0.25) is 0 Å². The molecule has 0 spiro atoms. The Morgan fingerprint density at radius 3 is 1.72 bits per heavy atom. The van der Waals surface area contributed by atoms with Gasteiger partial charge in [0.25, 0.3) is 7.82 Å². The van der Waals surface area contributed by atoms with E-state index < -0.39 is 20.0 Å². The molecule has 0 radical (unpaired) electrons. The smallest absolute Gasteiger partial charge is 0.268 e. The number of phosphoric ester groups is 1. The quantitative estimate of drug-likeness (QED) is 0.0285. The fourth-order valence-electron chi connectivity index (χ4n) is 5.82. The van der Waals surface area contributed by atoms with Gasteiger partial charge in [-0.15, -0.1) is 0 Å². The van der Waals surface area contributed by atoms with Crippen LogP contribution in [0.1, 0.15) is 181 Å². The van der Waals surface area contributed by atoms with E-state index in [1.165, 1.54) is 89.9 Å². The van der Waals surface area contributed by atoms with Gasteiger partial charge in [0.1, 0.15) is 13.2 Å². The number of allylic oxidation sites excluding steroid dienone is 4. The summed E-state index contributed by atoms with van der Waals surface area (Å²) in [5.74, 6) is -0.180. The first-order valence-corrected chi connectivity index (χ1v) is 22.1. The van der Waals surface area contributed by atoms with E-state index in [1.54, 1.807) is 0 Å². The molecule has 0 aromatic rings. The lowest BCUT2D eigenvalue weighted by Gasteiger charge is -2.30. The summed E-state index contributed by atoms with van der Waals surface area (Å²) >= 11 is 0. The van der Waals surface area contributed by atoms with Gasteiger partial charge in [-0.3, -0.25) is 9.36 Å². The van der Waals surface area contributed by atoms with Crippen molar-refractivity contribution in [1.82, 2.24) is 5.32 Å². The SMILES string of the molecule is CCCC/C=C\C/C=C\CCCCCCCC(=O)NC(COP(=O)([O-])OCC[N+](C)(C)C)C(O)CCCCCCCCCCCCCCCC. The monoisotopic (exact) mass is 729 g/mol. The molecule has 0 heterocycles. The Bertz CT molecular complexity index is 876. The summed E-state index contributed by atoms with van der Waals surface area (Å²) in [4.78, 5) is 25.2. The summed E-state index contributed by atoms with van der Waals surface area (Å²) in [5, 5.41) is 13.9. The fourth-order valence-corrected chi connectivity index (χ4v) is 6.54. The average molecular weight is 729 g/mol. The molecule has 8 nitrogen and oxygen atoms in total. The number of nitrogens with one attached hydrogen (secondary N) is 1. The van der Waals surface area contributed by atoms with Crippen molar-refractivity contribution in [3.05, 3.63) is 24.3 Å². The molecular weight excluding hydrogens is 647 g/mol. The molecular formula is C41H81N2O6P. The number of phosphoric acid groups is 1. The Labute approximate surface area is 309 Å². The number of hydrogen-bond acceptors (Lipinski definition) is 6. The van der Waals surface area contributed by atoms with Gasteiger partial charge in [0.15, 0.2) is 0 Å². The number of aliphatic hydroxyl groups excluding tert-OH is 1. The number of amides is 1. The Hall–Kier alpha value is -1.02. The Kier molecular flexibility index (Phi) is 33.1. The molecule has 0 aliphatic rings. The van der Waals surface area contributed by atoms with Gasteiger partial charge in [0.2, 0.25) is 5.91 Å². The number of carbonyl (C=O) groups is 1. The zero-order chi connectivity index (χ0) is 37.2. The molecule has 0 saturated heterocycles. The summed E-state index contributed by atoms with van der Waals surface area (Å²) in [6.45, 7) is 4.65. The number of nitrogens with zero attached hydrogens (tertiary/aromatic N) is 1. The van der Waals surface area contributed by atoms with Crippen molar-refractivity contribution in [2.45, 2.75) is 193 Å². The molecule has 3 atom stereocenters. The van der Waals surface area contributed by atoms with Gasteiger partial charge in [-0.1, -0.05) is 160 Å². The first-order valence-electron chi connectivity index (χ1n) is 20.7.